The van der Waals surface area contributed by atoms with E-state index in [9.17, 15) is 14.7 Å². The van der Waals surface area contributed by atoms with Crippen molar-refractivity contribution in [3.8, 4) is 0 Å². The van der Waals surface area contributed by atoms with Crippen LogP contribution in [0.4, 0.5) is 0 Å². The Labute approximate surface area is 298 Å². The lowest BCUT2D eigenvalue weighted by Gasteiger charge is -2.42. The van der Waals surface area contributed by atoms with Gasteiger partial charge in [0.15, 0.2) is 18.4 Å². The number of ether oxygens (including phenoxy) is 7. The number of methoxy groups -OCH3 is 2. The van der Waals surface area contributed by atoms with Gasteiger partial charge in [0.2, 0.25) is 0 Å². The second-order valence-corrected chi connectivity index (χ2v) is 15.9. The normalized spacial score (nSPS) is 45.6. The topological polar surface area (TPSA) is 122 Å². The van der Waals surface area contributed by atoms with Crippen LogP contribution < -0.4 is 0 Å². The van der Waals surface area contributed by atoms with Crippen molar-refractivity contribution in [2.45, 2.75) is 140 Å². The Balaban J connectivity index is 1.19. The second kappa shape index (κ2) is 16.5. The molecule has 6 rings (SSSR count). The predicted molar refractivity (Wildman–Crippen MR) is 185 cm³/mol. The van der Waals surface area contributed by atoms with Crippen LogP contribution in [-0.4, -0.2) is 118 Å². The summed E-state index contributed by atoms with van der Waals surface area (Å²) >= 11 is 0. The first-order valence-corrected chi connectivity index (χ1v) is 19.1. The van der Waals surface area contributed by atoms with Crippen molar-refractivity contribution in [2.24, 2.45) is 35.5 Å². The fraction of sp³-hybridized carbons (Fsp3) is 0.846. The predicted octanol–water partition coefficient (Wildman–Crippen LogP) is 4.44. The van der Waals surface area contributed by atoms with Gasteiger partial charge in [0.25, 0.3) is 0 Å². The number of esters is 1. The monoisotopic (exact) mass is 703 g/mol. The molecule has 0 aromatic heterocycles. The van der Waals surface area contributed by atoms with Gasteiger partial charge in [0.05, 0.1) is 31.3 Å². The van der Waals surface area contributed by atoms with Crippen LogP contribution in [0.3, 0.4) is 0 Å². The molecule has 1 N–H and O–H groups in total. The van der Waals surface area contributed by atoms with Gasteiger partial charge in [0, 0.05) is 32.1 Å². The number of hydrogen-bond acceptors (Lipinski definition) is 11. The Morgan fingerprint density at radius 3 is 2.42 bits per heavy atom. The summed E-state index contributed by atoms with van der Waals surface area (Å²) in [6.45, 7) is 6.57. The number of carbonyl (C=O) groups is 2. The summed E-state index contributed by atoms with van der Waals surface area (Å²) in [4.78, 5) is 30.2. The number of fused-ring (bicyclic) bond motifs is 5. The van der Waals surface area contributed by atoms with Crippen molar-refractivity contribution >= 4 is 11.8 Å². The Hall–Kier alpha value is -1.70. The summed E-state index contributed by atoms with van der Waals surface area (Å²) in [5.74, 6) is -0.153. The van der Waals surface area contributed by atoms with Crippen molar-refractivity contribution < 1.29 is 47.9 Å². The number of rotatable bonds is 8. The molecule has 3 aliphatic heterocycles. The molecule has 6 aliphatic rings. The van der Waals surface area contributed by atoms with E-state index in [1.165, 1.54) is 0 Å². The first-order valence-electron chi connectivity index (χ1n) is 19.1. The van der Waals surface area contributed by atoms with Crippen molar-refractivity contribution in [1.29, 1.82) is 0 Å². The highest BCUT2D eigenvalue weighted by Crippen LogP contribution is 2.54. The lowest BCUT2D eigenvalue weighted by atomic mass is 9.70. The van der Waals surface area contributed by atoms with Crippen molar-refractivity contribution in [3.63, 3.8) is 0 Å². The smallest absolute Gasteiger partial charge is 0.306 e. The van der Waals surface area contributed by atoms with Gasteiger partial charge in [-0.2, -0.15) is 0 Å². The molecule has 0 bridgehead atoms. The molecule has 11 heteroatoms. The zero-order chi connectivity index (χ0) is 35.7. The number of allylic oxidation sites excluding steroid dienone is 4. The molecule has 0 amide bonds. The zero-order valence-corrected chi connectivity index (χ0v) is 31.1. The zero-order valence-electron chi connectivity index (χ0n) is 31.1. The van der Waals surface area contributed by atoms with E-state index < -0.39 is 24.6 Å². The van der Waals surface area contributed by atoms with Crippen LogP contribution in [0.25, 0.3) is 0 Å². The number of hydrogen-bond donors (Lipinski definition) is 1. The van der Waals surface area contributed by atoms with E-state index in [0.717, 1.165) is 50.5 Å². The van der Waals surface area contributed by atoms with Gasteiger partial charge in [0.1, 0.15) is 24.4 Å². The van der Waals surface area contributed by atoms with Crippen LogP contribution in [0.15, 0.2) is 23.8 Å². The summed E-state index contributed by atoms with van der Waals surface area (Å²) in [6.07, 6.45) is 9.23. The van der Waals surface area contributed by atoms with E-state index in [2.05, 4.69) is 44.1 Å². The van der Waals surface area contributed by atoms with Gasteiger partial charge in [-0.25, -0.2) is 0 Å². The largest absolute Gasteiger partial charge is 0.462 e. The first kappa shape index (κ1) is 38.0. The fourth-order valence-corrected chi connectivity index (χ4v) is 9.68. The van der Waals surface area contributed by atoms with E-state index in [-0.39, 0.29) is 84.4 Å². The van der Waals surface area contributed by atoms with Crippen molar-refractivity contribution in [2.75, 3.05) is 34.9 Å². The fourth-order valence-electron chi connectivity index (χ4n) is 9.68. The molecule has 0 radical (unpaired) electrons. The highest BCUT2D eigenvalue weighted by molar-refractivity contribution is 5.99. The molecule has 3 aliphatic carbocycles. The van der Waals surface area contributed by atoms with Gasteiger partial charge in [-0.05, 0) is 102 Å². The summed E-state index contributed by atoms with van der Waals surface area (Å²) in [7, 11) is 7.30. The maximum absolute atomic E-state index is 14.5. The highest BCUT2D eigenvalue weighted by atomic mass is 16.7. The van der Waals surface area contributed by atoms with Gasteiger partial charge in [-0.1, -0.05) is 32.1 Å². The highest BCUT2D eigenvalue weighted by Gasteiger charge is 2.52. The molecule has 3 heterocycles. The molecule has 282 valence electrons. The number of ketones is 1. The minimum absolute atomic E-state index is 0.0256. The summed E-state index contributed by atoms with van der Waals surface area (Å²) < 4.78 is 42.5. The molecule has 1 saturated carbocycles. The first-order chi connectivity index (χ1) is 24.0. The number of likely N-dealkylation sites (N-methyl/N-ethyl adjacent to an activating group) is 1. The van der Waals surface area contributed by atoms with Crippen molar-refractivity contribution in [1.82, 2.24) is 4.90 Å². The lowest BCUT2D eigenvalue weighted by molar-refractivity contribution is -0.310. The van der Waals surface area contributed by atoms with E-state index in [1.54, 1.807) is 14.2 Å². The number of aliphatic hydroxyl groups is 1. The van der Waals surface area contributed by atoms with Crippen LogP contribution in [0.1, 0.15) is 78.6 Å². The number of Topliss-reactive ketones (excluding diaryl/α,β-unsaturated/α-hetero) is 1. The molecule has 0 aromatic rings. The Morgan fingerprint density at radius 2 is 1.74 bits per heavy atom. The molecule has 0 unspecified atom stereocenters. The van der Waals surface area contributed by atoms with Crippen LogP contribution in [0, 0.1) is 35.5 Å². The van der Waals surface area contributed by atoms with Gasteiger partial charge >= 0.3 is 5.97 Å². The standard InChI is InChI=1S/C39H61NO10/c1-8-25-10-9-11-32(50-34-15-13-24(20-46-34)40(4)5)21(2)35(42)31-18-29-27(30(31)19-33(41)48-25)14-12-23-16-26(17-28(23)29)49-39-36(43)38(45-7)37(44-6)22(3)47-39/h12,14,18,21-30,32,34,36-39,43H,8-11,13,15-17,19-20H2,1-7H3/t21-,22+,23-,24+,25+,26-,27-,28-,29-,30+,32+,34-,36-,37+,38+,39+/m1/s1. The third-order valence-corrected chi connectivity index (χ3v) is 12.7. The third kappa shape index (κ3) is 7.95. The lowest BCUT2D eigenvalue weighted by Crippen LogP contribution is -2.59. The summed E-state index contributed by atoms with van der Waals surface area (Å²) in [5, 5.41) is 11.1. The van der Waals surface area contributed by atoms with Gasteiger partial charge < -0.3 is 43.2 Å². The second-order valence-electron chi connectivity index (χ2n) is 15.9. The molecule has 50 heavy (non-hydrogen) atoms. The minimum atomic E-state index is -0.988. The Morgan fingerprint density at radius 1 is 0.960 bits per heavy atom. The van der Waals surface area contributed by atoms with E-state index in [1.807, 2.05) is 13.8 Å². The maximum atomic E-state index is 14.5. The molecule has 16 atom stereocenters. The van der Waals surface area contributed by atoms with Gasteiger partial charge in [-0.15, -0.1) is 0 Å². The minimum Gasteiger partial charge on any atom is -0.462 e. The molecule has 4 fully saturated rings. The van der Waals surface area contributed by atoms with E-state index in [4.69, 9.17) is 33.2 Å². The Bertz CT molecular complexity index is 1230. The van der Waals surface area contributed by atoms with E-state index in [0.29, 0.717) is 19.1 Å². The number of cyclic esters (lactones) is 1. The average molecular weight is 704 g/mol. The number of nitrogens with zero attached hydrogens (tertiary/aromatic N) is 1. The van der Waals surface area contributed by atoms with Crippen molar-refractivity contribution in [3.05, 3.63) is 23.8 Å². The van der Waals surface area contributed by atoms with Gasteiger partial charge in [-0.3, -0.25) is 9.59 Å². The number of carbonyl (C=O) groups excluding carboxylic acids is 2. The van der Waals surface area contributed by atoms with E-state index >= 15 is 0 Å². The Kier molecular flexibility index (Phi) is 12.6. The number of aliphatic hydroxyl groups excluding tert-OH is 1. The third-order valence-electron chi connectivity index (χ3n) is 12.7. The summed E-state index contributed by atoms with van der Waals surface area (Å²) in [6, 6.07) is 0.365. The SMILES string of the molecule is CC[C@H]1CCC[C@H](O[C@@H]2CC[C@H](N(C)C)CO2)[C@@H](C)C(=O)C2=C[C@@H]3[C@@H](C=C[C@@H]4C[C@@H](O[C@@H]5O[C@@H](C)[C@H](OC)[C@@H](OC)[C@H]5O)C[C@@H]34)[C@@H]2CC(=O)O1. The van der Waals surface area contributed by atoms with Crippen LogP contribution in [0.5, 0.6) is 0 Å². The van der Waals surface area contributed by atoms with Crippen LogP contribution in [0.2, 0.25) is 0 Å². The van der Waals surface area contributed by atoms with Crippen LogP contribution in [-0.2, 0) is 42.7 Å². The molecule has 3 saturated heterocycles. The average Bonchev–Trinajstić information content (AvgIpc) is 3.68. The molecule has 0 spiro atoms. The molecular weight excluding hydrogens is 642 g/mol. The van der Waals surface area contributed by atoms with Crippen LogP contribution >= 0.6 is 0 Å². The summed E-state index contributed by atoms with van der Waals surface area (Å²) in [5.41, 5.74) is 0.743. The maximum Gasteiger partial charge on any atom is 0.306 e. The molecule has 11 nitrogen and oxygen atoms in total. The molecule has 0 aromatic carbocycles. The molecular formula is C39H61NO10. The quantitative estimate of drug-likeness (QED) is 0.285.